The Balaban J connectivity index is 1.48. The van der Waals surface area contributed by atoms with Crippen LogP contribution in [-0.2, 0) is 11.4 Å². The van der Waals surface area contributed by atoms with Crippen molar-refractivity contribution >= 4 is 18.0 Å². The summed E-state index contributed by atoms with van der Waals surface area (Å²) < 4.78 is 5.95. The lowest BCUT2D eigenvalue weighted by atomic mass is 9.76. The molecular weight excluding hydrogens is 414 g/mol. The Bertz CT molecular complexity index is 1180. The molecule has 3 aliphatic rings. The zero-order valence-corrected chi connectivity index (χ0v) is 18.4. The number of ether oxygens (including phenoxy) is 1. The first-order valence-electron chi connectivity index (χ1n) is 11.3. The summed E-state index contributed by atoms with van der Waals surface area (Å²) in [5.41, 5.74) is 9.33. The van der Waals surface area contributed by atoms with Gasteiger partial charge in [-0.2, -0.15) is 10.8 Å². The molecular formula is C26H28N5O2+. The zero-order valence-electron chi connectivity index (χ0n) is 18.4. The summed E-state index contributed by atoms with van der Waals surface area (Å²) >= 11 is 0. The second kappa shape index (κ2) is 8.77. The molecule has 0 spiro atoms. The largest absolute Gasteiger partial charge is 0.489 e. The molecule has 0 aromatic heterocycles. The standard InChI is InChI=1S/C26H27N5O2/c27-25(32)22-12-5-4-11-21(22)24-23-16-29-13-14-31(23,28)26(30-24)19-9-6-10-20(15-19)33-17-18-7-2-1-3-8-18/h1-3,6-10,13-16,21-22H,4-5,11-12,17,28H2,(H-,27,32)/p+1. The van der Waals surface area contributed by atoms with Gasteiger partial charge in [0.15, 0.2) is 0 Å². The summed E-state index contributed by atoms with van der Waals surface area (Å²) in [6.07, 6.45) is 8.94. The molecule has 168 valence electrons. The fourth-order valence-electron chi connectivity index (χ4n) is 4.94. The van der Waals surface area contributed by atoms with Crippen LogP contribution in [0.15, 0.2) is 88.4 Å². The molecule has 4 N–H and O–H groups in total. The second-order valence-electron chi connectivity index (χ2n) is 8.76. The molecule has 2 heterocycles. The third kappa shape index (κ3) is 4.01. The molecule has 5 rings (SSSR count). The number of benzene rings is 2. The normalized spacial score (nSPS) is 26.2. The third-order valence-electron chi connectivity index (χ3n) is 6.65. The fourth-order valence-corrected chi connectivity index (χ4v) is 4.94. The van der Waals surface area contributed by atoms with Gasteiger partial charge >= 0.3 is 0 Å². The van der Waals surface area contributed by atoms with Gasteiger partial charge in [0.2, 0.25) is 11.6 Å². The van der Waals surface area contributed by atoms with Crippen molar-refractivity contribution in [3.8, 4) is 5.75 Å². The Kier molecular flexibility index (Phi) is 5.66. The summed E-state index contributed by atoms with van der Waals surface area (Å²) in [5.74, 6) is 7.74. The van der Waals surface area contributed by atoms with Crippen molar-refractivity contribution in [2.75, 3.05) is 0 Å². The van der Waals surface area contributed by atoms with E-state index in [0.717, 1.165) is 54.0 Å². The Labute approximate surface area is 193 Å². The smallest absolute Gasteiger partial charge is 0.265 e. The van der Waals surface area contributed by atoms with E-state index in [0.29, 0.717) is 12.4 Å². The third-order valence-corrected chi connectivity index (χ3v) is 6.65. The molecule has 1 amide bonds. The number of hydrogen-bond acceptors (Lipinski definition) is 5. The quantitative estimate of drug-likeness (QED) is 0.526. The van der Waals surface area contributed by atoms with E-state index >= 15 is 0 Å². The van der Waals surface area contributed by atoms with E-state index in [1.165, 1.54) is 0 Å². The van der Waals surface area contributed by atoms with Crippen LogP contribution in [0.4, 0.5) is 0 Å². The van der Waals surface area contributed by atoms with Crippen molar-refractivity contribution in [1.29, 1.82) is 0 Å². The molecule has 7 heteroatoms. The average molecular weight is 443 g/mol. The zero-order chi connectivity index (χ0) is 22.8. The summed E-state index contributed by atoms with van der Waals surface area (Å²) in [7, 11) is 0. The summed E-state index contributed by atoms with van der Waals surface area (Å²) in [6.45, 7) is 0.475. The van der Waals surface area contributed by atoms with Crippen molar-refractivity contribution in [3.05, 3.63) is 89.5 Å². The number of nitrogens with two attached hydrogens (primary N) is 2. The predicted molar refractivity (Wildman–Crippen MR) is 128 cm³/mol. The lowest BCUT2D eigenvalue weighted by Gasteiger charge is -2.30. The van der Waals surface area contributed by atoms with E-state index < -0.39 is 0 Å². The van der Waals surface area contributed by atoms with E-state index in [1.54, 1.807) is 12.4 Å². The number of carbonyl (C=O) groups is 1. The SMILES string of the molecule is NC(=O)C1CCCCC1C1=C2C=NC=C[N+]2(N)C(c2cccc(OCc3ccccc3)c2)=N1. The Morgan fingerprint density at radius 2 is 1.91 bits per heavy atom. The van der Waals surface area contributed by atoms with E-state index in [4.69, 9.17) is 21.3 Å². The summed E-state index contributed by atoms with van der Waals surface area (Å²) in [6, 6.07) is 17.8. The molecule has 0 bridgehead atoms. The Morgan fingerprint density at radius 3 is 2.73 bits per heavy atom. The fraction of sp³-hybridized carbons (Fsp3) is 0.269. The molecule has 1 aliphatic carbocycles. The number of rotatable bonds is 6. The molecule has 33 heavy (non-hydrogen) atoms. The second-order valence-corrected chi connectivity index (χ2v) is 8.76. The number of nitrogens with zero attached hydrogens (tertiary/aromatic N) is 3. The minimum Gasteiger partial charge on any atom is -0.489 e. The number of hydrogen-bond donors (Lipinski definition) is 2. The van der Waals surface area contributed by atoms with Crippen molar-refractivity contribution in [2.45, 2.75) is 32.3 Å². The van der Waals surface area contributed by atoms with Crippen molar-refractivity contribution in [1.82, 2.24) is 0 Å². The number of quaternary nitrogens is 1. The van der Waals surface area contributed by atoms with Gasteiger partial charge in [-0.15, -0.1) is 4.59 Å². The van der Waals surface area contributed by atoms with Gasteiger partial charge in [-0.05, 0) is 36.6 Å². The first-order valence-corrected chi connectivity index (χ1v) is 11.3. The first-order chi connectivity index (χ1) is 16.1. The lowest BCUT2D eigenvalue weighted by Crippen LogP contribution is -2.53. The number of allylic oxidation sites excluding steroid dienone is 2. The van der Waals surface area contributed by atoms with E-state index in [2.05, 4.69) is 4.99 Å². The highest BCUT2D eigenvalue weighted by Crippen LogP contribution is 2.42. The number of aliphatic imine (C=N–C) groups is 2. The molecule has 1 fully saturated rings. The Hall–Kier alpha value is -3.55. The van der Waals surface area contributed by atoms with Gasteiger partial charge in [0, 0.05) is 11.8 Å². The minimum absolute atomic E-state index is 0.0553. The van der Waals surface area contributed by atoms with Crippen molar-refractivity contribution < 1.29 is 14.1 Å². The number of carbonyl (C=O) groups excluding carboxylic acids is 1. The average Bonchev–Trinajstić information content (AvgIpc) is 3.16. The number of amidine groups is 1. The lowest BCUT2D eigenvalue weighted by molar-refractivity contribution is -0.750. The minimum atomic E-state index is -0.272. The van der Waals surface area contributed by atoms with Gasteiger partial charge in [0.05, 0.1) is 18.0 Å². The van der Waals surface area contributed by atoms with E-state index in [1.807, 2.05) is 60.8 Å². The van der Waals surface area contributed by atoms with Gasteiger partial charge in [-0.3, -0.25) is 9.79 Å². The number of amides is 1. The number of fused-ring (bicyclic) bond motifs is 1. The van der Waals surface area contributed by atoms with Gasteiger partial charge in [-0.25, -0.2) is 0 Å². The van der Waals surface area contributed by atoms with E-state index in [-0.39, 0.29) is 22.3 Å². The maximum atomic E-state index is 12.2. The van der Waals surface area contributed by atoms with Crippen LogP contribution in [0.25, 0.3) is 0 Å². The van der Waals surface area contributed by atoms with Crippen LogP contribution in [0, 0.1) is 11.8 Å². The number of primary amides is 1. The van der Waals surface area contributed by atoms with Crippen LogP contribution in [0.5, 0.6) is 5.75 Å². The van der Waals surface area contributed by atoms with Crippen LogP contribution in [0.1, 0.15) is 36.8 Å². The predicted octanol–water partition coefficient (Wildman–Crippen LogP) is 3.78. The van der Waals surface area contributed by atoms with E-state index in [9.17, 15) is 4.79 Å². The molecule has 3 atom stereocenters. The summed E-state index contributed by atoms with van der Waals surface area (Å²) in [4.78, 5) is 21.5. The monoisotopic (exact) mass is 442 g/mol. The highest BCUT2D eigenvalue weighted by atomic mass is 16.5. The van der Waals surface area contributed by atoms with Gasteiger partial charge in [0.25, 0.3) is 5.84 Å². The molecule has 7 nitrogen and oxygen atoms in total. The maximum Gasteiger partial charge on any atom is 0.265 e. The molecule has 2 aromatic rings. The Morgan fingerprint density at radius 1 is 1.09 bits per heavy atom. The highest BCUT2D eigenvalue weighted by molar-refractivity contribution is 6.00. The van der Waals surface area contributed by atoms with Gasteiger partial charge < -0.3 is 10.5 Å². The first kappa shape index (κ1) is 21.3. The van der Waals surface area contributed by atoms with Crippen LogP contribution in [0.3, 0.4) is 0 Å². The molecule has 0 radical (unpaired) electrons. The topological polar surface area (TPSA) is 103 Å². The molecule has 3 unspecified atom stereocenters. The molecule has 1 saturated carbocycles. The van der Waals surface area contributed by atoms with Crippen LogP contribution in [0.2, 0.25) is 0 Å². The highest BCUT2D eigenvalue weighted by Gasteiger charge is 2.48. The van der Waals surface area contributed by atoms with Gasteiger partial charge in [-0.1, -0.05) is 49.2 Å². The van der Waals surface area contributed by atoms with Gasteiger partial charge in [0.1, 0.15) is 24.3 Å². The van der Waals surface area contributed by atoms with Crippen molar-refractivity contribution in [3.63, 3.8) is 0 Å². The summed E-state index contributed by atoms with van der Waals surface area (Å²) in [5, 5.41) is 0. The molecule has 2 aliphatic heterocycles. The van der Waals surface area contributed by atoms with Crippen LogP contribution < -0.4 is 16.3 Å². The molecule has 2 aromatic carbocycles. The molecule has 0 saturated heterocycles. The van der Waals surface area contributed by atoms with Crippen LogP contribution >= 0.6 is 0 Å². The van der Waals surface area contributed by atoms with Crippen LogP contribution in [-0.4, -0.2) is 22.5 Å². The van der Waals surface area contributed by atoms with Crippen molar-refractivity contribution in [2.24, 2.45) is 33.4 Å². The maximum absolute atomic E-state index is 12.2.